The van der Waals surface area contributed by atoms with Gasteiger partial charge in [0, 0.05) is 30.4 Å². The molecule has 0 unspecified atom stereocenters. The monoisotopic (exact) mass is 392 g/mol. The molecule has 8 nitrogen and oxygen atoms in total. The Morgan fingerprint density at radius 3 is 2.93 bits per heavy atom. The molecule has 2 saturated heterocycles. The van der Waals surface area contributed by atoms with E-state index >= 15 is 0 Å². The number of carbonyl (C=O) groups excluding carboxylic acids is 2. The zero-order valence-corrected chi connectivity index (χ0v) is 15.3. The van der Waals surface area contributed by atoms with Crippen molar-refractivity contribution < 1.29 is 23.5 Å². The van der Waals surface area contributed by atoms with Crippen molar-refractivity contribution in [3.63, 3.8) is 0 Å². The lowest BCUT2D eigenvalue weighted by Crippen LogP contribution is -2.36. The second kappa shape index (κ2) is 8.78. The lowest BCUT2D eigenvalue weighted by molar-refractivity contribution is -0.135. The number of nitrogens with one attached hydrogen (secondary N) is 1. The topological polar surface area (TPSA) is 92.6 Å². The molecule has 1 aromatic carbocycles. The molecule has 2 aliphatic rings. The fraction of sp³-hybridized carbons (Fsp3) is 0.294. The highest BCUT2D eigenvalue weighted by Gasteiger charge is 2.25. The van der Waals surface area contributed by atoms with E-state index in [1.165, 1.54) is 25.5 Å². The molecule has 2 heterocycles. The maximum absolute atomic E-state index is 13.6. The number of thioether (sulfide) groups is 1. The van der Waals surface area contributed by atoms with Gasteiger partial charge in [-0.25, -0.2) is 9.18 Å². The molecular weight excluding hydrogens is 375 g/mol. The number of amidine groups is 1. The van der Waals surface area contributed by atoms with Gasteiger partial charge in [-0.1, -0.05) is 0 Å². The van der Waals surface area contributed by atoms with Crippen LogP contribution in [0, 0.1) is 5.82 Å². The predicted molar refractivity (Wildman–Crippen MR) is 100 cm³/mol. The molecule has 0 radical (unpaired) electrons. The number of carbonyl (C=O) groups is 2. The highest BCUT2D eigenvalue weighted by Crippen LogP contribution is 2.24. The van der Waals surface area contributed by atoms with Crippen molar-refractivity contribution in [2.45, 2.75) is 0 Å². The summed E-state index contributed by atoms with van der Waals surface area (Å²) in [5.74, 6) is -1.47. The van der Waals surface area contributed by atoms with E-state index in [-0.39, 0.29) is 15.9 Å². The van der Waals surface area contributed by atoms with Gasteiger partial charge in [0.1, 0.15) is 5.82 Å². The molecule has 2 aliphatic heterocycles. The second-order valence-corrected chi connectivity index (χ2v) is 6.57. The molecule has 0 atom stereocenters. The summed E-state index contributed by atoms with van der Waals surface area (Å²) in [6.45, 7) is 2.62. The van der Waals surface area contributed by atoms with Crippen LogP contribution in [0.3, 0.4) is 0 Å². The summed E-state index contributed by atoms with van der Waals surface area (Å²) >= 11 is 0.968. The van der Waals surface area contributed by atoms with E-state index in [0.717, 1.165) is 23.5 Å². The number of hydrogen-bond acceptors (Lipinski definition) is 8. The van der Waals surface area contributed by atoms with Crippen molar-refractivity contribution in [3.8, 4) is 0 Å². The molecule has 2 fully saturated rings. The molecule has 0 bridgehead atoms. The summed E-state index contributed by atoms with van der Waals surface area (Å²) in [6.07, 6.45) is 2.50. The van der Waals surface area contributed by atoms with Crippen molar-refractivity contribution >= 4 is 40.7 Å². The first-order chi connectivity index (χ1) is 13.1. The molecule has 27 heavy (non-hydrogen) atoms. The van der Waals surface area contributed by atoms with E-state index in [2.05, 4.69) is 25.2 Å². The third-order valence-electron chi connectivity index (χ3n) is 3.79. The SMILES string of the molecule is COC(=O)/C=C1/S/C(=N\N=Cc2cc(F)ccc2N2CCOCC2)NC1=O. The molecule has 0 aromatic heterocycles. The maximum Gasteiger partial charge on any atom is 0.331 e. The highest BCUT2D eigenvalue weighted by molar-refractivity contribution is 8.18. The highest BCUT2D eigenvalue weighted by atomic mass is 32.2. The lowest BCUT2D eigenvalue weighted by atomic mass is 10.1. The van der Waals surface area contributed by atoms with Crippen LogP contribution in [0.25, 0.3) is 0 Å². The Labute approximate surface area is 159 Å². The smallest absolute Gasteiger partial charge is 0.331 e. The van der Waals surface area contributed by atoms with Crippen LogP contribution in [0.2, 0.25) is 0 Å². The van der Waals surface area contributed by atoms with Crippen LogP contribution in [-0.2, 0) is 19.1 Å². The molecule has 0 aliphatic carbocycles. The van der Waals surface area contributed by atoms with Gasteiger partial charge in [-0.05, 0) is 30.0 Å². The van der Waals surface area contributed by atoms with Crippen LogP contribution in [0.1, 0.15) is 5.56 Å². The number of benzene rings is 1. The number of halogens is 1. The minimum Gasteiger partial charge on any atom is -0.466 e. The first-order valence-corrected chi connectivity index (χ1v) is 8.90. The molecule has 0 spiro atoms. The fourth-order valence-electron chi connectivity index (χ4n) is 2.51. The van der Waals surface area contributed by atoms with E-state index in [0.29, 0.717) is 31.9 Å². The maximum atomic E-state index is 13.6. The first-order valence-electron chi connectivity index (χ1n) is 8.09. The Balaban J connectivity index is 1.75. The molecule has 10 heteroatoms. The molecule has 1 aromatic rings. The summed E-state index contributed by atoms with van der Waals surface area (Å²) in [7, 11) is 1.22. The summed E-state index contributed by atoms with van der Waals surface area (Å²) < 4.78 is 23.5. The first kappa shape index (κ1) is 19.1. The Kier molecular flexibility index (Phi) is 6.20. The minimum atomic E-state index is -0.632. The average Bonchev–Trinajstić information content (AvgIpc) is 3.01. The van der Waals surface area contributed by atoms with Crippen LogP contribution < -0.4 is 10.2 Å². The molecule has 1 amide bonds. The second-order valence-electron chi connectivity index (χ2n) is 5.54. The lowest BCUT2D eigenvalue weighted by Gasteiger charge is -2.30. The van der Waals surface area contributed by atoms with E-state index in [1.807, 2.05) is 0 Å². The quantitative estimate of drug-likeness (QED) is 0.359. The predicted octanol–water partition coefficient (Wildman–Crippen LogP) is 1.27. The standard InChI is InChI=1S/C17H17FN4O4S/c1-25-15(23)9-14-16(24)20-17(27-14)21-19-10-11-8-12(18)2-3-13(11)22-4-6-26-7-5-22/h2-3,8-10H,4-7H2,1H3,(H,20,21,24)/b14-9+,19-10?. The number of esters is 1. The summed E-state index contributed by atoms with van der Waals surface area (Å²) in [6, 6.07) is 4.46. The van der Waals surface area contributed by atoms with E-state index < -0.39 is 11.9 Å². The molecular formula is C17H17FN4O4S. The fourth-order valence-corrected chi connectivity index (χ4v) is 3.24. The number of amides is 1. The number of hydrogen-bond donors (Lipinski definition) is 1. The number of methoxy groups -OCH3 is 1. The summed E-state index contributed by atoms with van der Waals surface area (Å²) in [5, 5.41) is 10.6. The van der Waals surface area contributed by atoms with Gasteiger partial charge in [0.05, 0.1) is 31.4 Å². The van der Waals surface area contributed by atoms with Crippen molar-refractivity contribution in [1.29, 1.82) is 0 Å². The van der Waals surface area contributed by atoms with Crippen molar-refractivity contribution in [2.24, 2.45) is 10.2 Å². The third-order valence-corrected chi connectivity index (χ3v) is 4.69. The van der Waals surface area contributed by atoms with Crippen LogP contribution >= 0.6 is 11.8 Å². The van der Waals surface area contributed by atoms with Crippen molar-refractivity contribution in [2.75, 3.05) is 38.3 Å². The molecule has 1 N–H and O–H groups in total. The number of morpholine rings is 1. The van der Waals surface area contributed by atoms with Gasteiger partial charge in [0.25, 0.3) is 5.91 Å². The Morgan fingerprint density at radius 2 is 2.19 bits per heavy atom. The van der Waals surface area contributed by atoms with Gasteiger partial charge >= 0.3 is 5.97 Å². The van der Waals surface area contributed by atoms with E-state index in [4.69, 9.17) is 4.74 Å². The van der Waals surface area contributed by atoms with Crippen LogP contribution in [0.5, 0.6) is 0 Å². The van der Waals surface area contributed by atoms with Gasteiger partial charge in [-0.3, -0.25) is 10.1 Å². The summed E-state index contributed by atoms with van der Waals surface area (Å²) in [4.78, 5) is 25.2. The van der Waals surface area contributed by atoms with Gasteiger partial charge in [0.2, 0.25) is 0 Å². The van der Waals surface area contributed by atoms with Crippen LogP contribution in [0.15, 0.2) is 39.4 Å². The zero-order chi connectivity index (χ0) is 19.2. The third kappa shape index (κ3) is 4.92. The molecule has 3 rings (SSSR count). The minimum absolute atomic E-state index is 0.163. The van der Waals surface area contributed by atoms with Gasteiger partial charge in [-0.2, -0.15) is 5.10 Å². The Bertz CT molecular complexity index is 834. The van der Waals surface area contributed by atoms with E-state index in [9.17, 15) is 14.0 Å². The van der Waals surface area contributed by atoms with Gasteiger partial charge in [-0.15, -0.1) is 5.10 Å². The number of anilines is 1. The van der Waals surface area contributed by atoms with Crippen LogP contribution in [-0.4, -0.2) is 56.7 Å². The summed E-state index contributed by atoms with van der Waals surface area (Å²) in [5.41, 5.74) is 1.40. The normalized spacial score (nSPS) is 20.5. The number of nitrogens with zero attached hydrogens (tertiary/aromatic N) is 3. The number of ether oxygens (including phenoxy) is 2. The van der Waals surface area contributed by atoms with E-state index in [1.54, 1.807) is 6.07 Å². The van der Waals surface area contributed by atoms with Crippen molar-refractivity contribution in [1.82, 2.24) is 5.32 Å². The number of rotatable bonds is 4. The van der Waals surface area contributed by atoms with Crippen molar-refractivity contribution in [3.05, 3.63) is 40.6 Å². The van der Waals surface area contributed by atoms with Gasteiger partial charge in [0.15, 0.2) is 5.17 Å². The molecule has 0 saturated carbocycles. The van der Waals surface area contributed by atoms with Gasteiger partial charge < -0.3 is 14.4 Å². The Morgan fingerprint density at radius 1 is 1.41 bits per heavy atom. The average molecular weight is 392 g/mol. The largest absolute Gasteiger partial charge is 0.466 e. The zero-order valence-electron chi connectivity index (χ0n) is 14.5. The Hall–Kier alpha value is -2.72. The van der Waals surface area contributed by atoms with Crippen LogP contribution in [0.4, 0.5) is 10.1 Å². The molecule has 142 valence electrons.